The van der Waals surface area contributed by atoms with Gasteiger partial charge in [0.2, 0.25) is 0 Å². The van der Waals surface area contributed by atoms with Crippen molar-refractivity contribution in [1.82, 2.24) is 19.9 Å². The molecular formula is C16H15F3N4O4. The summed E-state index contributed by atoms with van der Waals surface area (Å²) in [7, 11) is 0. The molecule has 0 unspecified atom stereocenters. The van der Waals surface area contributed by atoms with E-state index in [9.17, 15) is 22.8 Å². The minimum Gasteiger partial charge on any atom is -0.481 e. The monoisotopic (exact) mass is 384 g/mol. The second kappa shape index (κ2) is 7.35. The van der Waals surface area contributed by atoms with E-state index in [1.807, 2.05) is 0 Å². The van der Waals surface area contributed by atoms with E-state index in [0.717, 1.165) is 4.90 Å². The second-order valence-electron chi connectivity index (χ2n) is 5.87. The molecule has 0 radical (unpaired) electrons. The average Bonchev–Trinajstić information content (AvgIpc) is 3.07. The van der Waals surface area contributed by atoms with Gasteiger partial charge < -0.3 is 14.7 Å². The van der Waals surface area contributed by atoms with Crippen molar-refractivity contribution < 1.29 is 32.6 Å². The Balaban J connectivity index is 1.93. The third kappa shape index (κ3) is 4.08. The molecular weight excluding hydrogens is 369 g/mol. The quantitative estimate of drug-likeness (QED) is 0.860. The lowest BCUT2D eigenvalue weighted by molar-refractivity contribution is -0.143. The van der Waals surface area contributed by atoms with Crippen LogP contribution in [0.3, 0.4) is 0 Å². The lowest BCUT2D eigenvalue weighted by Crippen LogP contribution is -2.46. The maximum Gasteiger partial charge on any atom is 0.435 e. The Morgan fingerprint density at radius 2 is 1.96 bits per heavy atom. The molecule has 11 heteroatoms. The number of amides is 1. The smallest absolute Gasteiger partial charge is 0.435 e. The van der Waals surface area contributed by atoms with Gasteiger partial charge in [0.15, 0.2) is 11.4 Å². The number of alkyl halides is 3. The van der Waals surface area contributed by atoms with E-state index in [1.165, 1.54) is 24.3 Å². The Morgan fingerprint density at radius 1 is 1.26 bits per heavy atom. The molecule has 8 nitrogen and oxygen atoms in total. The first-order valence-corrected chi connectivity index (χ1v) is 7.98. The number of carbonyl (C=O) groups is 2. The van der Waals surface area contributed by atoms with Gasteiger partial charge in [-0.2, -0.15) is 13.2 Å². The molecule has 1 saturated heterocycles. The maximum absolute atomic E-state index is 13.6. The molecule has 0 spiro atoms. The number of benzene rings is 1. The van der Waals surface area contributed by atoms with E-state index >= 15 is 0 Å². The highest BCUT2D eigenvalue weighted by molar-refractivity contribution is 5.93. The number of ether oxygens (including phenoxy) is 1. The highest BCUT2D eigenvalue weighted by Crippen LogP contribution is 2.33. The van der Waals surface area contributed by atoms with Gasteiger partial charge in [0.05, 0.1) is 24.8 Å². The lowest BCUT2D eigenvalue weighted by Gasteiger charge is -2.32. The summed E-state index contributed by atoms with van der Waals surface area (Å²) in [5.74, 6) is -2.09. The van der Waals surface area contributed by atoms with Crippen LogP contribution in [0.25, 0.3) is 5.69 Å². The zero-order chi connectivity index (χ0) is 19.6. The number of nitrogens with zero attached hydrogens (tertiary/aromatic N) is 4. The Bertz CT molecular complexity index is 838. The molecule has 0 saturated carbocycles. The van der Waals surface area contributed by atoms with Crippen LogP contribution in [0, 0.1) is 0 Å². The zero-order valence-electron chi connectivity index (χ0n) is 13.9. The number of carboxylic acids is 1. The molecule has 1 aliphatic rings. The minimum atomic E-state index is -4.86. The van der Waals surface area contributed by atoms with Crippen molar-refractivity contribution in [3.63, 3.8) is 0 Å². The van der Waals surface area contributed by atoms with Crippen molar-refractivity contribution in [2.24, 2.45) is 0 Å². The number of hydrogen-bond donors (Lipinski definition) is 1. The summed E-state index contributed by atoms with van der Waals surface area (Å²) in [6.07, 6.45) is -6.01. The van der Waals surface area contributed by atoms with Crippen molar-refractivity contribution in [2.75, 3.05) is 19.7 Å². The molecule has 27 heavy (non-hydrogen) atoms. The number of carbonyl (C=O) groups excluding carboxylic acids is 1. The third-order valence-corrected chi connectivity index (χ3v) is 3.97. The van der Waals surface area contributed by atoms with E-state index in [2.05, 4.69) is 10.3 Å². The lowest BCUT2D eigenvalue weighted by atomic mass is 10.2. The molecule has 1 aromatic heterocycles. The van der Waals surface area contributed by atoms with E-state index in [-0.39, 0.29) is 31.8 Å². The van der Waals surface area contributed by atoms with Gasteiger partial charge in [0.25, 0.3) is 5.91 Å². The fourth-order valence-electron chi connectivity index (χ4n) is 2.80. The summed E-state index contributed by atoms with van der Waals surface area (Å²) in [6.45, 7) is -0.0804. The highest BCUT2D eigenvalue weighted by atomic mass is 19.4. The number of carboxylic acid groups (broad SMARTS) is 1. The Kier molecular flexibility index (Phi) is 5.13. The maximum atomic E-state index is 13.6. The average molecular weight is 384 g/mol. The summed E-state index contributed by atoms with van der Waals surface area (Å²) in [4.78, 5) is 24.6. The molecule has 1 N–H and O–H groups in total. The van der Waals surface area contributed by atoms with Crippen LogP contribution in [0.2, 0.25) is 0 Å². The molecule has 1 aliphatic heterocycles. The van der Waals surface area contributed by atoms with Crippen molar-refractivity contribution in [3.05, 3.63) is 41.7 Å². The van der Waals surface area contributed by atoms with Crippen LogP contribution >= 0.6 is 0 Å². The molecule has 2 heterocycles. The number of morpholine rings is 1. The van der Waals surface area contributed by atoms with Crippen LogP contribution in [0.5, 0.6) is 0 Å². The Hall–Kier alpha value is -2.95. The summed E-state index contributed by atoms with van der Waals surface area (Å²) in [5, 5.41) is 15.8. The molecule has 144 valence electrons. The van der Waals surface area contributed by atoms with E-state index in [4.69, 9.17) is 9.84 Å². The number of aromatic nitrogens is 3. The van der Waals surface area contributed by atoms with Gasteiger partial charge in [-0.15, -0.1) is 5.10 Å². The van der Waals surface area contributed by atoms with E-state index in [0.29, 0.717) is 4.68 Å². The largest absolute Gasteiger partial charge is 0.481 e. The molecule has 1 amide bonds. The van der Waals surface area contributed by atoms with Gasteiger partial charge in [-0.05, 0) is 12.1 Å². The van der Waals surface area contributed by atoms with Gasteiger partial charge in [-0.25, -0.2) is 4.68 Å². The van der Waals surface area contributed by atoms with Crippen LogP contribution in [0.4, 0.5) is 13.2 Å². The van der Waals surface area contributed by atoms with Crippen LogP contribution in [-0.2, 0) is 15.7 Å². The van der Waals surface area contributed by atoms with Crippen molar-refractivity contribution in [2.45, 2.75) is 18.7 Å². The van der Waals surface area contributed by atoms with E-state index in [1.54, 1.807) is 6.07 Å². The summed E-state index contributed by atoms with van der Waals surface area (Å²) in [5.41, 5.74) is -2.00. The summed E-state index contributed by atoms with van der Waals surface area (Å²) >= 11 is 0. The summed E-state index contributed by atoms with van der Waals surface area (Å²) < 4.78 is 46.7. The number of halogens is 3. The van der Waals surface area contributed by atoms with Crippen LogP contribution in [0.1, 0.15) is 22.6 Å². The van der Waals surface area contributed by atoms with Gasteiger partial charge >= 0.3 is 12.1 Å². The topological polar surface area (TPSA) is 97.5 Å². The van der Waals surface area contributed by atoms with E-state index < -0.39 is 35.5 Å². The van der Waals surface area contributed by atoms with Gasteiger partial charge in [0.1, 0.15) is 0 Å². The molecule has 2 aromatic rings. The molecule has 1 fully saturated rings. The molecule has 1 atom stereocenters. The molecule has 3 rings (SSSR count). The summed E-state index contributed by atoms with van der Waals surface area (Å²) in [6, 6.07) is 7.54. The van der Waals surface area contributed by atoms with Crippen LogP contribution in [-0.4, -0.2) is 62.7 Å². The number of para-hydroxylation sites is 1. The highest BCUT2D eigenvalue weighted by Gasteiger charge is 2.43. The van der Waals surface area contributed by atoms with Gasteiger partial charge in [0, 0.05) is 13.1 Å². The molecule has 0 aliphatic carbocycles. The third-order valence-electron chi connectivity index (χ3n) is 3.97. The number of hydrogen-bond acceptors (Lipinski definition) is 5. The first-order chi connectivity index (χ1) is 12.8. The van der Waals surface area contributed by atoms with Crippen molar-refractivity contribution >= 4 is 11.9 Å². The fourth-order valence-corrected chi connectivity index (χ4v) is 2.80. The standard InChI is InChI=1S/C16H15F3N4O4/c17-16(18,19)14-13(20-21-23(14)10-4-2-1-3-5-10)15(26)22-6-7-27-11(9-22)8-12(24)25/h1-5,11H,6-9H2,(H,24,25)/t11-/m0/s1. The number of rotatable bonds is 4. The first-order valence-electron chi connectivity index (χ1n) is 7.98. The normalized spacial score (nSPS) is 17.7. The minimum absolute atomic E-state index is 0.0257. The van der Waals surface area contributed by atoms with Crippen molar-refractivity contribution in [1.29, 1.82) is 0 Å². The predicted octanol–water partition coefficient (Wildman–Crippen LogP) is 1.60. The second-order valence-corrected chi connectivity index (χ2v) is 5.87. The fraction of sp³-hybridized carbons (Fsp3) is 0.375. The zero-order valence-corrected chi connectivity index (χ0v) is 13.9. The Labute approximate surface area is 151 Å². The first kappa shape index (κ1) is 18.8. The predicted molar refractivity (Wildman–Crippen MR) is 84.3 cm³/mol. The van der Waals surface area contributed by atoms with Crippen LogP contribution in [0.15, 0.2) is 30.3 Å². The molecule has 1 aromatic carbocycles. The van der Waals surface area contributed by atoms with Gasteiger partial charge in [-0.1, -0.05) is 23.4 Å². The van der Waals surface area contributed by atoms with Crippen LogP contribution < -0.4 is 0 Å². The molecule has 0 bridgehead atoms. The Morgan fingerprint density at radius 3 is 2.59 bits per heavy atom. The van der Waals surface area contributed by atoms with Crippen molar-refractivity contribution in [3.8, 4) is 5.69 Å². The van der Waals surface area contributed by atoms with Gasteiger partial charge in [-0.3, -0.25) is 9.59 Å². The number of aliphatic carboxylic acids is 1. The SMILES string of the molecule is O=C(O)C[C@H]1CN(C(=O)c2nnn(-c3ccccc3)c2C(F)(F)F)CCO1.